The van der Waals surface area contributed by atoms with Crippen LogP contribution in [0.3, 0.4) is 0 Å². The fourth-order valence-corrected chi connectivity index (χ4v) is 2.28. The molecule has 0 spiro atoms. The Morgan fingerprint density at radius 2 is 1.70 bits per heavy atom. The molecule has 2 aromatic carbocycles. The number of anilines is 1. The van der Waals surface area contributed by atoms with Crippen molar-refractivity contribution in [2.75, 3.05) is 11.9 Å². The van der Waals surface area contributed by atoms with Gasteiger partial charge in [0.2, 0.25) is 0 Å². The number of hydrogen-bond donors (Lipinski definition) is 1. The lowest BCUT2D eigenvalue weighted by molar-refractivity contribution is 0.102. The highest BCUT2D eigenvalue weighted by molar-refractivity contribution is 6.30. The maximum atomic E-state index is 12.2. The van der Waals surface area contributed by atoms with Crippen molar-refractivity contribution < 1.29 is 9.53 Å². The van der Waals surface area contributed by atoms with E-state index in [1.165, 1.54) is 19.3 Å². The third-order valence-corrected chi connectivity index (χ3v) is 3.74. The molecule has 4 heteroatoms. The first-order valence-corrected chi connectivity index (χ1v) is 8.36. The summed E-state index contributed by atoms with van der Waals surface area (Å²) in [7, 11) is 0. The summed E-state index contributed by atoms with van der Waals surface area (Å²) in [5.74, 6) is 0.645. The van der Waals surface area contributed by atoms with Crippen LogP contribution in [0.15, 0.2) is 48.5 Å². The molecule has 2 rings (SSSR count). The summed E-state index contributed by atoms with van der Waals surface area (Å²) >= 11 is 5.83. The summed E-state index contributed by atoms with van der Waals surface area (Å²) in [4.78, 5) is 12.2. The first kappa shape index (κ1) is 17.4. The number of carbonyl (C=O) groups is 1. The van der Waals surface area contributed by atoms with E-state index in [4.69, 9.17) is 16.3 Å². The van der Waals surface area contributed by atoms with E-state index < -0.39 is 0 Å². The predicted octanol–water partition coefficient (Wildman–Crippen LogP) is 5.55. The number of halogens is 1. The molecule has 0 aliphatic rings. The highest BCUT2D eigenvalue weighted by Gasteiger charge is 2.06. The second-order valence-corrected chi connectivity index (χ2v) is 5.83. The van der Waals surface area contributed by atoms with Gasteiger partial charge in [0.1, 0.15) is 5.75 Å². The monoisotopic (exact) mass is 331 g/mol. The Balaban J connectivity index is 1.83. The van der Waals surface area contributed by atoms with E-state index >= 15 is 0 Å². The third kappa shape index (κ3) is 5.95. The van der Waals surface area contributed by atoms with Crippen LogP contribution in [0, 0.1) is 0 Å². The summed E-state index contributed by atoms with van der Waals surface area (Å²) in [6, 6.07) is 14.2. The number of amides is 1. The van der Waals surface area contributed by atoms with Crippen LogP contribution in [-0.2, 0) is 0 Å². The molecule has 0 aliphatic carbocycles. The van der Waals surface area contributed by atoms with E-state index in [1.54, 1.807) is 36.4 Å². The fraction of sp³-hybridized carbons (Fsp3) is 0.316. The highest BCUT2D eigenvalue weighted by Crippen LogP contribution is 2.16. The molecule has 0 saturated carbocycles. The Morgan fingerprint density at radius 3 is 2.35 bits per heavy atom. The standard InChI is InChI=1S/C19H22ClNO2/c1-2-3-4-5-14-23-18-12-6-15(7-13-18)19(22)21-17-10-8-16(20)9-11-17/h6-13H,2-5,14H2,1H3,(H,21,22). The molecule has 0 radical (unpaired) electrons. The summed E-state index contributed by atoms with van der Waals surface area (Å²) in [5.41, 5.74) is 1.31. The Hall–Kier alpha value is -2.00. The fourth-order valence-electron chi connectivity index (χ4n) is 2.16. The number of hydrogen-bond acceptors (Lipinski definition) is 2. The molecule has 0 atom stereocenters. The minimum Gasteiger partial charge on any atom is -0.494 e. The third-order valence-electron chi connectivity index (χ3n) is 3.49. The van der Waals surface area contributed by atoms with Gasteiger partial charge in [-0.1, -0.05) is 37.8 Å². The number of benzene rings is 2. The van der Waals surface area contributed by atoms with E-state index in [2.05, 4.69) is 12.2 Å². The van der Waals surface area contributed by atoms with E-state index in [9.17, 15) is 4.79 Å². The molecule has 0 saturated heterocycles. The average Bonchev–Trinajstić information content (AvgIpc) is 2.57. The van der Waals surface area contributed by atoms with Gasteiger partial charge in [-0.25, -0.2) is 0 Å². The van der Waals surface area contributed by atoms with Crippen LogP contribution in [0.5, 0.6) is 5.75 Å². The number of unbranched alkanes of at least 4 members (excludes halogenated alkanes) is 3. The summed E-state index contributed by atoms with van der Waals surface area (Å²) in [6.07, 6.45) is 4.72. The van der Waals surface area contributed by atoms with Crippen molar-refractivity contribution in [3.63, 3.8) is 0 Å². The zero-order valence-corrected chi connectivity index (χ0v) is 14.1. The van der Waals surface area contributed by atoms with Crippen molar-refractivity contribution in [3.8, 4) is 5.75 Å². The summed E-state index contributed by atoms with van der Waals surface area (Å²) in [5, 5.41) is 3.47. The van der Waals surface area contributed by atoms with Gasteiger partial charge in [0.15, 0.2) is 0 Å². The number of carbonyl (C=O) groups excluding carboxylic acids is 1. The normalized spacial score (nSPS) is 10.3. The van der Waals surface area contributed by atoms with Crippen molar-refractivity contribution in [3.05, 3.63) is 59.1 Å². The van der Waals surface area contributed by atoms with Crippen LogP contribution < -0.4 is 10.1 Å². The van der Waals surface area contributed by atoms with Crippen molar-refractivity contribution in [1.82, 2.24) is 0 Å². The van der Waals surface area contributed by atoms with Crippen LogP contribution in [0.2, 0.25) is 5.02 Å². The Labute approximate surface area is 142 Å². The van der Waals surface area contributed by atoms with E-state index in [-0.39, 0.29) is 5.91 Å². The van der Waals surface area contributed by atoms with Crippen molar-refractivity contribution in [2.24, 2.45) is 0 Å². The molecular formula is C19H22ClNO2. The lowest BCUT2D eigenvalue weighted by Gasteiger charge is -2.08. The van der Waals surface area contributed by atoms with Crippen LogP contribution in [0.4, 0.5) is 5.69 Å². The molecule has 3 nitrogen and oxygen atoms in total. The SMILES string of the molecule is CCCCCCOc1ccc(C(=O)Nc2ccc(Cl)cc2)cc1. The topological polar surface area (TPSA) is 38.3 Å². The second kappa shape index (κ2) is 9.21. The zero-order chi connectivity index (χ0) is 16.5. The van der Waals surface area contributed by atoms with Crippen molar-refractivity contribution in [2.45, 2.75) is 32.6 Å². The van der Waals surface area contributed by atoms with Gasteiger partial charge in [-0.2, -0.15) is 0 Å². The summed E-state index contributed by atoms with van der Waals surface area (Å²) in [6.45, 7) is 2.91. The number of nitrogens with one attached hydrogen (secondary N) is 1. The van der Waals surface area contributed by atoms with E-state index in [0.717, 1.165) is 24.5 Å². The molecule has 1 amide bonds. The van der Waals surface area contributed by atoms with Crippen LogP contribution in [0.1, 0.15) is 43.0 Å². The number of ether oxygens (including phenoxy) is 1. The Bertz CT molecular complexity index is 608. The number of rotatable bonds is 8. The zero-order valence-electron chi connectivity index (χ0n) is 13.3. The largest absolute Gasteiger partial charge is 0.494 e. The Kier molecular flexibility index (Phi) is 6.95. The van der Waals surface area contributed by atoms with Gasteiger partial charge in [0.25, 0.3) is 5.91 Å². The van der Waals surface area contributed by atoms with Crippen LogP contribution in [0.25, 0.3) is 0 Å². The molecule has 0 bridgehead atoms. The molecule has 0 aliphatic heterocycles. The molecule has 0 heterocycles. The van der Waals surface area contributed by atoms with Gasteiger partial charge in [-0.15, -0.1) is 0 Å². The van der Waals surface area contributed by atoms with Gasteiger partial charge in [0, 0.05) is 16.3 Å². The Morgan fingerprint density at radius 1 is 1.00 bits per heavy atom. The molecule has 2 aromatic rings. The van der Waals surface area contributed by atoms with Crippen LogP contribution in [-0.4, -0.2) is 12.5 Å². The lowest BCUT2D eigenvalue weighted by Crippen LogP contribution is -2.11. The van der Waals surface area contributed by atoms with Gasteiger partial charge in [-0.3, -0.25) is 4.79 Å². The first-order chi connectivity index (χ1) is 11.2. The molecule has 0 aromatic heterocycles. The van der Waals surface area contributed by atoms with Crippen LogP contribution >= 0.6 is 11.6 Å². The van der Waals surface area contributed by atoms with Gasteiger partial charge in [-0.05, 0) is 55.0 Å². The molecule has 23 heavy (non-hydrogen) atoms. The van der Waals surface area contributed by atoms with Gasteiger partial charge >= 0.3 is 0 Å². The molecule has 0 unspecified atom stereocenters. The molecule has 122 valence electrons. The minimum atomic E-state index is -0.151. The maximum absolute atomic E-state index is 12.2. The molecule has 1 N–H and O–H groups in total. The van der Waals surface area contributed by atoms with E-state index in [0.29, 0.717) is 10.6 Å². The van der Waals surface area contributed by atoms with Crippen molar-refractivity contribution >= 4 is 23.2 Å². The van der Waals surface area contributed by atoms with Gasteiger partial charge in [0.05, 0.1) is 6.61 Å². The minimum absolute atomic E-state index is 0.151. The quantitative estimate of drug-likeness (QED) is 0.644. The molecule has 0 fully saturated rings. The van der Waals surface area contributed by atoms with Gasteiger partial charge < -0.3 is 10.1 Å². The van der Waals surface area contributed by atoms with E-state index in [1.807, 2.05) is 12.1 Å². The predicted molar refractivity (Wildman–Crippen MR) is 95.5 cm³/mol. The average molecular weight is 332 g/mol. The second-order valence-electron chi connectivity index (χ2n) is 5.39. The maximum Gasteiger partial charge on any atom is 0.255 e. The highest BCUT2D eigenvalue weighted by atomic mass is 35.5. The van der Waals surface area contributed by atoms with Crippen molar-refractivity contribution in [1.29, 1.82) is 0 Å². The lowest BCUT2D eigenvalue weighted by atomic mass is 10.2. The summed E-state index contributed by atoms with van der Waals surface area (Å²) < 4.78 is 5.67. The first-order valence-electron chi connectivity index (χ1n) is 7.99. The smallest absolute Gasteiger partial charge is 0.255 e. The molecular weight excluding hydrogens is 310 g/mol.